The molecule has 0 bridgehead atoms. The molecule has 0 aliphatic carbocycles. The number of aromatic nitrogens is 3. The lowest BCUT2D eigenvalue weighted by molar-refractivity contribution is 0.102. The molecule has 3 heterocycles. The standard InChI is InChI=1S/C25H22ClN5O2/c1-16-23(24(30-33-16)19-6-2-3-7-20(19)26)25(32)27-18-10-8-17(9-11-18)21-12-13-22(29-28-21)31-14-4-5-15-31/h2-3,6-13H,4-5,14-15H2,1H3,(H,27,32). The van der Waals surface area contributed by atoms with Gasteiger partial charge in [-0.15, -0.1) is 10.2 Å². The fourth-order valence-electron chi connectivity index (χ4n) is 3.99. The minimum atomic E-state index is -0.314. The second-order valence-corrected chi connectivity index (χ2v) is 8.35. The van der Waals surface area contributed by atoms with E-state index in [0.717, 1.165) is 30.2 Å². The highest BCUT2D eigenvalue weighted by Crippen LogP contribution is 2.31. The summed E-state index contributed by atoms with van der Waals surface area (Å²) >= 11 is 6.30. The zero-order chi connectivity index (χ0) is 22.8. The predicted octanol–water partition coefficient (Wildman–Crippen LogP) is 5.61. The van der Waals surface area contributed by atoms with Crippen molar-refractivity contribution in [1.82, 2.24) is 15.4 Å². The molecule has 1 aliphatic rings. The molecule has 8 heteroatoms. The van der Waals surface area contributed by atoms with Gasteiger partial charge < -0.3 is 14.7 Å². The van der Waals surface area contributed by atoms with Crippen molar-refractivity contribution in [2.45, 2.75) is 19.8 Å². The summed E-state index contributed by atoms with van der Waals surface area (Å²) < 4.78 is 5.30. The largest absolute Gasteiger partial charge is 0.360 e. The van der Waals surface area contributed by atoms with Gasteiger partial charge in [0, 0.05) is 29.9 Å². The van der Waals surface area contributed by atoms with Gasteiger partial charge in [-0.25, -0.2) is 0 Å². The number of carbonyl (C=O) groups is 1. The first-order valence-electron chi connectivity index (χ1n) is 10.8. The van der Waals surface area contributed by atoms with E-state index in [1.807, 2.05) is 48.5 Å². The summed E-state index contributed by atoms with van der Waals surface area (Å²) in [5.74, 6) is 1.03. The molecule has 4 aromatic rings. The van der Waals surface area contributed by atoms with Crippen molar-refractivity contribution in [3.63, 3.8) is 0 Å². The van der Waals surface area contributed by atoms with Crippen LogP contribution in [0.5, 0.6) is 0 Å². The van der Waals surface area contributed by atoms with Crippen molar-refractivity contribution in [2.75, 3.05) is 23.3 Å². The van der Waals surface area contributed by atoms with E-state index >= 15 is 0 Å². The predicted molar refractivity (Wildman–Crippen MR) is 129 cm³/mol. The maximum atomic E-state index is 13.0. The third-order valence-electron chi connectivity index (χ3n) is 5.74. The molecule has 1 amide bonds. The van der Waals surface area contributed by atoms with Crippen LogP contribution in [0.3, 0.4) is 0 Å². The highest BCUT2D eigenvalue weighted by Gasteiger charge is 2.23. The molecule has 33 heavy (non-hydrogen) atoms. The van der Waals surface area contributed by atoms with Crippen LogP contribution in [-0.2, 0) is 0 Å². The minimum absolute atomic E-state index is 0.314. The van der Waals surface area contributed by atoms with E-state index in [9.17, 15) is 4.79 Å². The summed E-state index contributed by atoms with van der Waals surface area (Å²) in [5, 5.41) is 16.2. The van der Waals surface area contributed by atoms with Crippen molar-refractivity contribution in [2.24, 2.45) is 0 Å². The van der Waals surface area contributed by atoms with Gasteiger partial charge in [0.15, 0.2) is 5.82 Å². The average molecular weight is 460 g/mol. The first-order chi connectivity index (χ1) is 16.1. The molecule has 5 rings (SSSR count). The number of nitrogens with one attached hydrogen (secondary N) is 1. The zero-order valence-corrected chi connectivity index (χ0v) is 18.8. The van der Waals surface area contributed by atoms with Gasteiger partial charge in [-0.05, 0) is 50.1 Å². The molecule has 1 fully saturated rings. The number of nitrogens with zero attached hydrogens (tertiary/aromatic N) is 4. The number of benzene rings is 2. The lowest BCUT2D eigenvalue weighted by Crippen LogP contribution is -2.19. The van der Waals surface area contributed by atoms with Crippen molar-refractivity contribution < 1.29 is 9.32 Å². The SMILES string of the molecule is Cc1onc(-c2ccccc2Cl)c1C(=O)Nc1ccc(-c2ccc(N3CCCC3)nn2)cc1. The molecular formula is C25H22ClN5O2. The summed E-state index contributed by atoms with van der Waals surface area (Å²) in [6.45, 7) is 3.77. The van der Waals surface area contributed by atoms with Crippen molar-refractivity contribution in [3.05, 3.63) is 77.0 Å². The Morgan fingerprint density at radius 2 is 1.76 bits per heavy atom. The number of amides is 1. The molecule has 1 saturated heterocycles. The van der Waals surface area contributed by atoms with Gasteiger partial charge in [0.05, 0.1) is 10.7 Å². The molecular weight excluding hydrogens is 438 g/mol. The van der Waals surface area contributed by atoms with Crippen molar-refractivity contribution >= 4 is 29.0 Å². The maximum Gasteiger partial charge on any atom is 0.261 e. The monoisotopic (exact) mass is 459 g/mol. The van der Waals surface area contributed by atoms with E-state index in [1.165, 1.54) is 12.8 Å². The van der Waals surface area contributed by atoms with Crippen LogP contribution in [-0.4, -0.2) is 34.4 Å². The Morgan fingerprint density at radius 1 is 1.00 bits per heavy atom. The highest BCUT2D eigenvalue weighted by molar-refractivity contribution is 6.33. The molecule has 7 nitrogen and oxygen atoms in total. The first kappa shape index (κ1) is 21.2. The fourth-order valence-corrected chi connectivity index (χ4v) is 4.21. The maximum absolute atomic E-state index is 13.0. The Morgan fingerprint density at radius 3 is 2.45 bits per heavy atom. The van der Waals surface area contributed by atoms with Crippen LogP contribution < -0.4 is 10.2 Å². The van der Waals surface area contributed by atoms with Crippen LogP contribution in [0.15, 0.2) is 65.2 Å². The second-order valence-electron chi connectivity index (χ2n) is 7.94. The highest BCUT2D eigenvalue weighted by atomic mass is 35.5. The Balaban J connectivity index is 1.33. The molecule has 0 spiro atoms. The van der Waals surface area contributed by atoms with Gasteiger partial charge in [-0.1, -0.05) is 47.1 Å². The molecule has 0 radical (unpaired) electrons. The zero-order valence-electron chi connectivity index (χ0n) is 18.1. The number of anilines is 2. The number of halogens is 1. The van der Waals surface area contributed by atoms with Gasteiger partial charge in [0.1, 0.15) is 17.0 Å². The van der Waals surface area contributed by atoms with E-state index < -0.39 is 0 Å². The molecule has 2 aromatic heterocycles. The van der Waals surface area contributed by atoms with Crippen molar-refractivity contribution in [1.29, 1.82) is 0 Å². The van der Waals surface area contributed by atoms with Crippen LogP contribution in [0.1, 0.15) is 29.0 Å². The van der Waals surface area contributed by atoms with Crippen molar-refractivity contribution in [3.8, 4) is 22.5 Å². The fraction of sp³-hybridized carbons (Fsp3) is 0.200. The van der Waals surface area contributed by atoms with Gasteiger partial charge in [-0.3, -0.25) is 4.79 Å². The van der Waals surface area contributed by atoms with Crippen LogP contribution >= 0.6 is 11.6 Å². The van der Waals surface area contributed by atoms with E-state index in [-0.39, 0.29) is 5.91 Å². The molecule has 1 N–H and O–H groups in total. The van der Waals surface area contributed by atoms with E-state index in [1.54, 1.807) is 19.1 Å². The number of aryl methyl sites for hydroxylation is 1. The third-order valence-corrected chi connectivity index (χ3v) is 6.07. The van der Waals surface area contributed by atoms with Gasteiger partial charge in [0.2, 0.25) is 0 Å². The average Bonchev–Trinajstić information content (AvgIpc) is 3.50. The Labute approximate surface area is 196 Å². The number of hydrogen-bond acceptors (Lipinski definition) is 6. The van der Waals surface area contributed by atoms with Crippen LogP contribution in [0, 0.1) is 6.92 Å². The summed E-state index contributed by atoms with van der Waals surface area (Å²) in [6.07, 6.45) is 2.40. The number of hydrogen-bond donors (Lipinski definition) is 1. The molecule has 2 aromatic carbocycles. The smallest absolute Gasteiger partial charge is 0.261 e. The topological polar surface area (TPSA) is 84.2 Å². The van der Waals surface area contributed by atoms with Crippen LogP contribution in [0.4, 0.5) is 11.5 Å². The minimum Gasteiger partial charge on any atom is -0.360 e. The van der Waals surface area contributed by atoms with Gasteiger partial charge >= 0.3 is 0 Å². The molecule has 0 saturated carbocycles. The Kier molecular flexibility index (Phi) is 5.79. The normalized spacial score (nSPS) is 13.3. The summed E-state index contributed by atoms with van der Waals surface area (Å²) in [6, 6.07) is 18.7. The Bertz CT molecular complexity index is 1280. The molecule has 166 valence electrons. The summed E-state index contributed by atoms with van der Waals surface area (Å²) in [5.41, 5.74) is 3.78. The van der Waals surface area contributed by atoms with E-state index in [2.05, 4.69) is 25.6 Å². The van der Waals surface area contributed by atoms with E-state index in [0.29, 0.717) is 33.3 Å². The third kappa shape index (κ3) is 4.32. The molecule has 0 atom stereocenters. The quantitative estimate of drug-likeness (QED) is 0.417. The van der Waals surface area contributed by atoms with Gasteiger partial charge in [-0.2, -0.15) is 0 Å². The number of carbonyl (C=O) groups excluding carboxylic acids is 1. The second kappa shape index (κ2) is 9.03. The molecule has 1 aliphatic heterocycles. The van der Waals surface area contributed by atoms with Gasteiger partial charge in [0.25, 0.3) is 5.91 Å². The lowest BCUT2D eigenvalue weighted by atomic mass is 10.1. The Hall–Kier alpha value is -3.71. The first-order valence-corrected chi connectivity index (χ1v) is 11.2. The summed E-state index contributed by atoms with van der Waals surface area (Å²) in [4.78, 5) is 15.3. The van der Waals surface area contributed by atoms with E-state index in [4.69, 9.17) is 16.1 Å². The summed E-state index contributed by atoms with van der Waals surface area (Å²) in [7, 11) is 0. The lowest BCUT2D eigenvalue weighted by Gasteiger charge is -2.15. The number of rotatable bonds is 5. The van der Waals surface area contributed by atoms with Crippen LogP contribution in [0.2, 0.25) is 5.02 Å². The van der Waals surface area contributed by atoms with Crippen LogP contribution in [0.25, 0.3) is 22.5 Å². The molecule has 0 unspecified atom stereocenters.